The summed E-state index contributed by atoms with van der Waals surface area (Å²) in [7, 11) is 0. The van der Waals surface area contributed by atoms with Gasteiger partial charge in [0.25, 0.3) is 11.1 Å². The highest BCUT2D eigenvalue weighted by Crippen LogP contribution is 2.34. The quantitative estimate of drug-likeness (QED) is 0.538. The number of halogens is 1. The molecule has 4 aromatic rings. The van der Waals surface area contributed by atoms with E-state index in [9.17, 15) is 0 Å². The Bertz CT molecular complexity index is 1030. The van der Waals surface area contributed by atoms with Crippen LogP contribution in [0.3, 0.4) is 0 Å². The van der Waals surface area contributed by atoms with E-state index in [1.54, 1.807) is 12.3 Å². The lowest BCUT2D eigenvalue weighted by Gasteiger charge is -2.03. The third kappa shape index (κ3) is 2.81. The summed E-state index contributed by atoms with van der Waals surface area (Å²) in [5.41, 5.74) is 8.09. The molecule has 4 rings (SSSR count). The zero-order valence-electron chi connectivity index (χ0n) is 12.3. The number of hydrogen-bond donors (Lipinski definition) is 1. The molecule has 2 aromatic heterocycles. The number of aromatic nitrogens is 3. The summed E-state index contributed by atoms with van der Waals surface area (Å²) >= 11 is 7.40. The minimum Gasteiger partial charge on any atom is -0.411 e. The van der Waals surface area contributed by atoms with Crippen molar-refractivity contribution in [1.82, 2.24) is 15.2 Å². The molecule has 0 aliphatic rings. The second-order valence-corrected chi connectivity index (χ2v) is 6.46. The summed E-state index contributed by atoms with van der Waals surface area (Å²) in [5.74, 6) is 0.400. The van der Waals surface area contributed by atoms with Crippen molar-refractivity contribution in [2.24, 2.45) is 0 Å². The van der Waals surface area contributed by atoms with Crippen LogP contribution in [0.4, 0.5) is 5.69 Å². The van der Waals surface area contributed by atoms with Crippen LogP contribution in [0.2, 0.25) is 5.02 Å². The Balaban J connectivity index is 1.69. The third-order valence-corrected chi connectivity index (χ3v) is 4.61. The first-order valence-corrected chi connectivity index (χ1v) is 8.31. The lowest BCUT2D eigenvalue weighted by Crippen LogP contribution is -1.88. The molecular weight excluding hydrogens is 344 g/mol. The highest BCUT2D eigenvalue weighted by atomic mass is 35.5. The first-order chi connectivity index (χ1) is 11.7. The van der Waals surface area contributed by atoms with Crippen LogP contribution in [-0.2, 0) is 0 Å². The summed E-state index contributed by atoms with van der Waals surface area (Å²) < 4.78 is 5.74. The molecule has 7 heteroatoms. The van der Waals surface area contributed by atoms with Gasteiger partial charge in [0.05, 0.1) is 11.1 Å². The van der Waals surface area contributed by atoms with Gasteiger partial charge in [-0.15, -0.1) is 10.2 Å². The topological polar surface area (TPSA) is 77.8 Å². The van der Waals surface area contributed by atoms with Crippen LogP contribution >= 0.6 is 23.4 Å². The molecule has 0 aliphatic carbocycles. The van der Waals surface area contributed by atoms with Crippen molar-refractivity contribution in [3.8, 4) is 11.5 Å². The lowest BCUT2D eigenvalue weighted by molar-refractivity contribution is 0.466. The standard InChI is InChI=1S/C17H11ClN4OS/c18-10-5-6-12-14(9-10)20-8-7-15(12)24-17-22-21-16(23-17)11-3-1-2-4-13(11)19/h1-9H,19H2. The van der Waals surface area contributed by atoms with Crippen LogP contribution in [0.5, 0.6) is 0 Å². The molecule has 24 heavy (non-hydrogen) atoms. The van der Waals surface area contributed by atoms with Crippen molar-refractivity contribution in [3.63, 3.8) is 0 Å². The number of fused-ring (bicyclic) bond motifs is 1. The van der Waals surface area contributed by atoms with Gasteiger partial charge in [-0.25, -0.2) is 0 Å². The van der Waals surface area contributed by atoms with E-state index in [2.05, 4.69) is 15.2 Å². The van der Waals surface area contributed by atoms with E-state index >= 15 is 0 Å². The molecule has 0 bridgehead atoms. The zero-order valence-corrected chi connectivity index (χ0v) is 13.9. The molecule has 0 saturated carbocycles. The second kappa shape index (κ2) is 6.14. The highest BCUT2D eigenvalue weighted by Gasteiger charge is 2.13. The number of nitrogens with two attached hydrogens (primary N) is 1. The van der Waals surface area contributed by atoms with Crippen molar-refractivity contribution in [2.75, 3.05) is 5.73 Å². The SMILES string of the molecule is Nc1ccccc1-c1nnc(Sc2ccnc3cc(Cl)ccc23)o1. The van der Waals surface area contributed by atoms with Gasteiger partial charge in [0.1, 0.15) is 0 Å². The molecule has 5 nitrogen and oxygen atoms in total. The Kier molecular flexibility index (Phi) is 3.84. The molecule has 0 amide bonds. The van der Waals surface area contributed by atoms with Gasteiger partial charge in [-0.05, 0) is 42.1 Å². The molecular formula is C17H11ClN4OS. The first kappa shape index (κ1) is 15.0. The minimum atomic E-state index is 0.400. The number of nitrogen functional groups attached to an aromatic ring is 1. The van der Waals surface area contributed by atoms with E-state index in [1.165, 1.54) is 11.8 Å². The lowest BCUT2D eigenvalue weighted by atomic mass is 10.2. The largest absolute Gasteiger partial charge is 0.411 e. The summed E-state index contributed by atoms with van der Waals surface area (Å²) in [4.78, 5) is 5.29. The first-order valence-electron chi connectivity index (χ1n) is 7.11. The second-order valence-electron chi connectivity index (χ2n) is 5.03. The normalized spacial score (nSPS) is 11.0. The smallest absolute Gasteiger partial charge is 0.281 e. The molecule has 0 spiro atoms. The Morgan fingerprint density at radius 2 is 1.92 bits per heavy atom. The summed E-state index contributed by atoms with van der Waals surface area (Å²) in [6.45, 7) is 0. The molecule has 0 aliphatic heterocycles. The number of pyridine rings is 1. The molecule has 2 heterocycles. The predicted octanol–water partition coefficient (Wildman–Crippen LogP) is 4.67. The van der Waals surface area contributed by atoms with Crippen molar-refractivity contribution in [2.45, 2.75) is 10.1 Å². The van der Waals surface area contributed by atoms with Crippen LogP contribution in [0, 0.1) is 0 Å². The van der Waals surface area contributed by atoms with Crippen LogP contribution in [0.1, 0.15) is 0 Å². The fourth-order valence-corrected chi connectivity index (χ4v) is 3.30. The number of rotatable bonds is 3. The highest BCUT2D eigenvalue weighted by molar-refractivity contribution is 7.99. The fourth-order valence-electron chi connectivity index (χ4n) is 2.33. The van der Waals surface area contributed by atoms with Crippen LogP contribution in [0.25, 0.3) is 22.4 Å². The predicted molar refractivity (Wildman–Crippen MR) is 95.0 cm³/mol. The summed E-state index contributed by atoms with van der Waals surface area (Å²) in [5, 5.41) is 10.2. The van der Waals surface area contributed by atoms with Crippen molar-refractivity contribution < 1.29 is 4.42 Å². The molecule has 118 valence electrons. The van der Waals surface area contributed by atoms with Crippen molar-refractivity contribution >= 4 is 40.0 Å². The average molecular weight is 355 g/mol. The number of hydrogen-bond acceptors (Lipinski definition) is 6. The van der Waals surface area contributed by atoms with E-state index in [-0.39, 0.29) is 0 Å². The molecule has 2 aromatic carbocycles. The average Bonchev–Trinajstić information content (AvgIpc) is 3.03. The summed E-state index contributed by atoms with van der Waals surface area (Å²) in [6.07, 6.45) is 1.73. The number of nitrogens with zero attached hydrogens (tertiary/aromatic N) is 3. The van der Waals surface area contributed by atoms with Gasteiger partial charge in [-0.3, -0.25) is 4.98 Å². The van der Waals surface area contributed by atoms with E-state index in [4.69, 9.17) is 21.8 Å². The van der Waals surface area contributed by atoms with E-state index < -0.39 is 0 Å². The Labute approximate surface area is 146 Å². The van der Waals surface area contributed by atoms with Crippen LogP contribution in [-0.4, -0.2) is 15.2 Å². The summed E-state index contributed by atoms with van der Waals surface area (Å²) in [6, 6.07) is 14.9. The number of para-hydroxylation sites is 1. The van der Waals surface area contributed by atoms with Gasteiger partial charge in [-0.1, -0.05) is 29.8 Å². The van der Waals surface area contributed by atoms with Gasteiger partial charge in [0.15, 0.2) is 0 Å². The Hall–Kier alpha value is -2.57. The van der Waals surface area contributed by atoms with Gasteiger partial charge in [-0.2, -0.15) is 0 Å². The van der Waals surface area contributed by atoms with Crippen LogP contribution < -0.4 is 5.73 Å². The van der Waals surface area contributed by atoms with Crippen molar-refractivity contribution in [3.05, 3.63) is 59.8 Å². The Morgan fingerprint density at radius 3 is 2.79 bits per heavy atom. The maximum absolute atomic E-state index is 6.02. The molecule has 0 atom stereocenters. The fraction of sp³-hybridized carbons (Fsp3) is 0. The third-order valence-electron chi connectivity index (χ3n) is 3.46. The Morgan fingerprint density at radius 1 is 1.04 bits per heavy atom. The monoisotopic (exact) mass is 354 g/mol. The van der Waals surface area contributed by atoms with E-state index in [0.29, 0.717) is 21.8 Å². The van der Waals surface area contributed by atoms with E-state index in [1.807, 2.05) is 42.5 Å². The molecule has 0 saturated heterocycles. The van der Waals surface area contributed by atoms with Gasteiger partial charge < -0.3 is 10.2 Å². The molecule has 0 fully saturated rings. The molecule has 2 N–H and O–H groups in total. The maximum Gasteiger partial charge on any atom is 0.281 e. The van der Waals surface area contributed by atoms with Crippen LogP contribution in [0.15, 0.2) is 69.3 Å². The van der Waals surface area contributed by atoms with E-state index in [0.717, 1.165) is 21.4 Å². The number of benzene rings is 2. The minimum absolute atomic E-state index is 0.400. The van der Waals surface area contributed by atoms with Gasteiger partial charge in [0.2, 0.25) is 0 Å². The molecule has 0 unspecified atom stereocenters. The molecule has 0 radical (unpaired) electrons. The van der Waals surface area contributed by atoms with Gasteiger partial charge in [0, 0.05) is 27.2 Å². The zero-order chi connectivity index (χ0) is 16.5. The number of anilines is 1. The van der Waals surface area contributed by atoms with Crippen molar-refractivity contribution in [1.29, 1.82) is 0 Å². The maximum atomic E-state index is 6.02. The van der Waals surface area contributed by atoms with Gasteiger partial charge >= 0.3 is 0 Å².